The van der Waals surface area contributed by atoms with Gasteiger partial charge >= 0.3 is 0 Å². The van der Waals surface area contributed by atoms with Crippen LogP contribution < -0.4 is 25.4 Å². The van der Waals surface area contributed by atoms with Crippen LogP contribution in [0, 0.1) is 0 Å². The maximum atomic E-state index is 6.04. The smallest absolute Gasteiger partial charge is 0.193 e. The lowest BCUT2D eigenvalue weighted by atomic mass is 10.2. The molecule has 0 radical (unpaired) electrons. The van der Waals surface area contributed by atoms with Crippen molar-refractivity contribution in [3.8, 4) is 11.5 Å². The van der Waals surface area contributed by atoms with Gasteiger partial charge in [0.2, 0.25) is 0 Å². The van der Waals surface area contributed by atoms with Gasteiger partial charge in [-0.3, -0.25) is 4.99 Å². The topological polar surface area (TPSA) is 72.1 Å². The summed E-state index contributed by atoms with van der Waals surface area (Å²) in [4.78, 5) is 6.54. The van der Waals surface area contributed by atoms with E-state index in [1.165, 1.54) is 0 Å². The molecular weight excluding hydrogens is 328 g/mol. The first-order chi connectivity index (χ1) is 12.6. The van der Waals surface area contributed by atoms with Crippen molar-refractivity contribution in [2.45, 2.75) is 13.8 Å². The summed E-state index contributed by atoms with van der Waals surface area (Å²) in [5, 5.41) is 3.11. The minimum Gasteiger partial charge on any atom is -0.494 e. The molecule has 0 amide bonds. The molecule has 0 aliphatic carbocycles. The Balaban J connectivity index is 1.97. The van der Waals surface area contributed by atoms with Crippen LogP contribution in [-0.2, 0) is 0 Å². The number of hydrogen-bond donors (Lipinski definition) is 2. The van der Waals surface area contributed by atoms with E-state index < -0.39 is 0 Å². The Bertz CT molecular complexity index is 704. The lowest BCUT2D eigenvalue weighted by Crippen LogP contribution is -2.26. The van der Waals surface area contributed by atoms with Gasteiger partial charge in [-0.1, -0.05) is 18.2 Å². The van der Waals surface area contributed by atoms with Crippen LogP contribution >= 0.6 is 0 Å². The summed E-state index contributed by atoms with van der Waals surface area (Å²) in [6, 6.07) is 15.8. The molecule has 0 aliphatic heterocycles. The highest BCUT2D eigenvalue weighted by Gasteiger charge is 2.07. The number of nitrogens with one attached hydrogen (secondary N) is 1. The number of nitrogens with zero attached hydrogens (tertiary/aromatic N) is 2. The van der Waals surface area contributed by atoms with Crippen LogP contribution in [0.3, 0.4) is 0 Å². The van der Waals surface area contributed by atoms with E-state index >= 15 is 0 Å². The highest BCUT2D eigenvalue weighted by molar-refractivity contribution is 5.94. The van der Waals surface area contributed by atoms with Gasteiger partial charge in [0, 0.05) is 25.3 Å². The minimum atomic E-state index is 0.348. The van der Waals surface area contributed by atoms with Crippen molar-refractivity contribution in [1.82, 2.24) is 0 Å². The van der Waals surface area contributed by atoms with E-state index in [2.05, 4.69) is 27.3 Å². The van der Waals surface area contributed by atoms with Gasteiger partial charge in [0.25, 0.3) is 0 Å². The molecule has 26 heavy (non-hydrogen) atoms. The standard InChI is InChI=1S/C20H28N4O2/c1-4-25-17-11-12-19(26-5-2)18(15-17)23-20(21)22-13-14-24(3)16-9-7-6-8-10-16/h6-12,15H,4-5,13-14H2,1-3H3,(H3,21,22,23). The Kier molecular flexibility index (Phi) is 7.61. The summed E-state index contributed by atoms with van der Waals surface area (Å²) in [7, 11) is 2.03. The maximum Gasteiger partial charge on any atom is 0.193 e. The summed E-state index contributed by atoms with van der Waals surface area (Å²) in [5.41, 5.74) is 7.94. The van der Waals surface area contributed by atoms with Crippen molar-refractivity contribution >= 4 is 17.3 Å². The molecule has 0 spiro atoms. The normalized spacial score (nSPS) is 11.1. The van der Waals surface area contributed by atoms with E-state index in [-0.39, 0.29) is 0 Å². The summed E-state index contributed by atoms with van der Waals surface area (Å²) in [6.45, 7) is 6.41. The summed E-state index contributed by atoms with van der Waals surface area (Å²) < 4.78 is 11.2. The van der Waals surface area contributed by atoms with Crippen molar-refractivity contribution in [3.63, 3.8) is 0 Å². The Labute approximate surface area is 155 Å². The molecule has 0 aromatic heterocycles. The molecule has 0 saturated carbocycles. The number of hydrogen-bond acceptors (Lipinski definition) is 4. The van der Waals surface area contributed by atoms with Gasteiger partial charge in [-0.05, 0) is 38.1 Å². The fourth-order valence-corrected chi connectivity index (χ4v) is 2.45. The second kappa shape index (κ2) is 10.2. The average molecular weight is 356 g/mol. The number of likely N-dealkylation sites (N-methyl/N-ethyl adjacent to an activating group) is 1. The summed E-state index contributed by atoms with van der Waals surface area (Å²) in [5.74, 6) is 1.83. The van der Waals surface area contributed by atoms with E-state index in [0.717, 1.165) is 29.4 Å². The number of guanidine groups is 1. The van der Waals surface area contributed by atoms with Crippen LogP contribution in [0.15, 0.2) is 53.5 Å². The van der Waals surface area contributed by atoms with Crippen LogP contribution in [0.5, 0.6) is 11.5 Å². The summed E-state index contributed by atoms with van der Waals surface area (Å²) in [6.07, 6.45) is 0. The zero-order valence-electron chi connectivity index (χ0n) is 15.7. The first-order valence-corrected chi connectivity index (χ1v) is 8.86. The molecule has 140 valence electrons. The lowest BCUT2D eigenvalue weighted by molar-refractivity contribution is 0.332. The van der Waals surface area contributed by atoms with Gasteiger partial charge in [-0.15, -0.1) is 0 Å². The molecule has 0 saturated heterocycles. The molecule has 0 heterocycles. The number of benzene rings is 2. The second-order valence-corrected chi connectivity index (χ2v) is 5.67. The Morgan fingerprint density at radius 3 is 2.50 bits per heavy atom. The van der Waals surface area contributed by atoms with Crippen LogP contribution in [0.2, 0.25) is 0 Å². The average Bonchev–Trinajstić information content (AvgIpc) is 2.65. The first kappa shape index (κ1) is 19.4. The van der Waals surface area contributed by atoms with Crippen molar-refractivity contribution in [2.75, 3.05) is 43.6 Å². The van der Waals surface area contributed by atoms with Crippen LogP contribution in [0.25, 0.3) is 0 Å². The third-order valence-electron chi connectivity index (χ3n) is 3.74. The Morgan fingerprint density at radius 2 is 1.81 bits per heavy atom. The molecule has 3 N–H and O–H groups in total. The van der Waals surface area contributed by atoms with E-state index in [0.29, 0.717) is 25.7 Å². The lowest BCUT2D eigenvalue weighted by Gasteiger charge is -2.18. The number of ether oxygens (including phenoxy) is 2. The Hall–Kier alpha value is -2.89. The third kappa shape index (κ3) is 5.88. The molecule has 2 rings (SSSR count). The molecule has 6 nitrogen and oxygen atoms in total. The molecule has 0 atom stereocenters. The van der Waals surface area contributed by atoms with E-state index in [1.54, 1.807) is 0 Å². The maximum absolute atomic E-state index is 6.04. The van der Waals surface area contributed by atoms with Crippen molar-refractivity contribution in [2.24, 2.45) is 10.7 Å². The van der Waals surface area contributed by atoms with Crippen LogP contribution in [-0.4, -0.2) is 39.3 Å². The number of anilines is 2. The molecule has 2 aromatic carbocycles. The van der Waals surface area contributed by atoms with Crippen molar-refractivity contribution in [1.29, 1.82) is 0 Å². The number of rotatable bonds is 9. The van der Waals surface area contributed by atoms with Crippen LogP contribution in [0.4, 0.5) is 11.4 Å². The van der Waals surface area contributed by atoms with Gasteiger partial charge in [-0.25, -0.2) is 0 Å². The van der Waals surface area contributed by atoms with Gasteiger partial charge in [0.05, 0.1) is 25.4 Å². The highest BCUT2D eigenvalue weighted by atomic mass is 16.5. The van der Waals surface area contributed by atoms with E-state index in [4.69, 9.17) is 15.2 Å². The van der Waals surface area contributed by atoms with Gasteiger partial charge in [-0.2, -0.15) is 0 Å². The minimum absolute atomic E-state index is 0.348. The van der Waals surface area contributed by atoms with Crippen LogP contribution in [0.1, 0.15) is 13.8 Å². The highest BCUT2D eigenvalue weighted by Crippen LogP contribution is 2.29. The monoisotopic (exact) mass is 356 g/mol. The molecule has 0 bridgehead atoms. The quantitative estimate of drug-likeness (QED) is 0.532. The fraction of sp³-hybridized carbons (Fsp3) is 0.350. The predicted octanol–water partition coefficient (Wildman–Crippen LogP) is 3.35. The van der Waals surface area contributed by atoms with E-state index in [1.807, 2.05) is 57.3 Å². The second-order valence-electron chi connectivity index (χ2n) is 5.67. The largest absolute Gasteiger partial charge is 0.494 e. The molecular formula is C20H28N4O2. The zero-order valence-corrected chi connectivity index (χ0v) is 15.7. The number of aliphatic imine (C=N–C) groups is 1. The number of para-hydroxylation sites is 1. The predicted molar refractivity (Wildman–Crippen MR) is 109 cm³/mol. The van der Waals surface area contributed by atoms with E-state index in [9.17, 15) is 0 Å². The van der Waals surface area contributed by atoms with Crippen molar-refractivity contribution < 1.29 is 9.47 Å². The third-order valence-corrected chi connectivity index (χ3v) is 3.74. The zero-order chi connectivity index (χ0) is 18.8. The first-order valence-electron chi connectivity index (χ1n) is 8.86. The van der Waals surface area contributed by atoms with Gasteiger partial charge in [0.1, 0.15) is 11.5 Å². The number of nitrogens with two attached hydrogens (primary N) is 1. The fourth-order valence-electron chi connectivity index (χ4n) is 2.45. The molecule has 6 heteroatoms. The molecule has 0 unspecified atom stereocenters. The van der Waals surface area contributed by atoms with Gasteiger partial charge < -0.3 is 25.4 Å². The molecule has 0 aliphatic rings. The SMILES string of the molecule is CCOc1ccc(OCC)c(NC(N)=NCCN(C)c2ccccc2)c1. The molecule has 0 fully saturated rings. The van der Waals surface area contributed by atoms with Crippen molar-refractivity contribution in [3.05, 3.63) is 48.5 Å². The Morgan fingerprint density at radius 1 is 1.08 bits per heavy atom. The summed E-state index contributed by atoms with van der Waals surface area (Å²) >= 11 is 0. The molecule has 2 aromatic rings. The van der Waals surface area contributed by atoms with Gasteiger partial charge in [0.15, 0.2) is 5.96 Å².